The van der Waals surface area contributed by atoms with E-state index in [9.17, 15) is 22.8 Å². The lowest BCUT2D eigenvalue weighted by Crippen LogP contribution is -2.60. The van der Waals surface area contributed by atoms with Crippen molar-refractivity contribution in [3.63, 3.8) is 0 Å². The van der Waals surface area contributed by atoms with E-state index in [1.807, 2.05) is 0 Å². The Hall–Kier alpha value is -3.59. The summed E-state index contributed by atoms with van der Waals surface area (Å²) in [5, 5.41) is 15.7. The van der Waals surface area contributed by atoms with Crippen molar-refractivity contribution in [2.45, 2.75) is 12.2 Å². The maximum Gasteiger partial charge on any atom is 0.417 e. The smallest absolute Gasteiger partial charge is 0.383 e. The number of methoxy groups -OCH3 is 1. The number of rotatable bonds is 6. The molecule has 0 radical (unpaired) electrons. The fourth-order valence-electron chi connectivity index (χ4n) is 3.68. The molecule has 0 saturated carbocycles. The van der Waals surface area contributed by atoms with Gasteiger partial charge in [-0.1, -0.05) is 0 Å². The molecule has 1 aromatic carbocycles. The molecule has 1 saturated heterocycles. The Morgan fingerprint density at radius 2 is 2.06 bits per heavy atom. The zero-order valence-electron chi connectivity index (χ0n) is 18.1. The van der Waals surface area contributed by atoms with Crippen molar-refractivity contribution in [2.24, 2.45) is 7.05 Å². The van der Waals surface area contributed by atoms with Crippen molar-refractivity contribution in [1.29, 1.82) is 5.26 Å². The van der Waals surface area contributed by atoms with E-state index in [2.05, 4.69) is 10.4 Å². The maximum atomic E-state index is 13.5. The second-order valence-corrected chi connectivity index (χ2v) is 7.42. The lowest BCUT2D eigenvalue weighted by molar-refractivity contribution is -0.137. The van der Waals surface area contributed by atoms with Gasteiger partial charge in [-0.05, 0) is 24.3 Å². The van der Waals surface area contributed by atoms with Crippen molar-refractivity contribution in [3.05, 3.63) is 47.3 Å². The molecule has 1 aliphatic heterocycles. The van der Waals surface area contributed by atoms with Crippen LogP contribution in [0.4, 0.5) is 18.9 Å². The summed E-state index contributed by atoms with van der Waals surface area (Å²) >= 11 is 0. The van der Waals surface area contributed by atoms with E-state index in [0.29, 0.717) is 5.69 Å². The Kier molecular flexibility index (Phi) is 7.23. The van der Waals surface area contributed by atoms with Crippen molar-refractivity contribution in [2.75, 3.05) is 44.8 Å². The highest BCUT2D eigenvalue weighted by Gasteiger charge is 2.38. The predicted molar refractivity (Wildman–Crippen MR) is 111 cm³/mol. The summed E-state index contributed by atoms with van der Waals surface area (Å²) in [6.07, 6.45) is -3.25. The quantitative estimate of drug-likeness (QED) is 0.649. The summed E-state index contributed by atoms with van der Waals surface area (Å²) in [5.41, 5.74) is -1.10. The molecular formula is C21H23F3N6O3. The van der Waals surface area contributed by atoms with E-state index in [1.54, 1.807) is 19.2 Å². The average Bonchev–Trinajstić information content (AvgIpc) is 3.23. The Morgan fingerprint density at radius 1 is 1.30 bits per heavy atom. The molecule has 1 unspecified atom stereocenters. The van der Waals surface area contributed by atoms with Crippen LogP contribution in [0.25, 0.3) is 0 Å². The minimum atomic E-state index is -4.73. The number of ether oxygens (including phenoxy) is 1. The second-order valence-electron chi connectivity index (χ2n) is 7.42. The number of alkyl halides is 3. The van der Waals surface area contributed by atoms with Crippen LogP contribution in [0, 0.1) is 11.3 Å². The van der Waals surface area contributed by atoms with Crippen LogP contribution in [-0.2, 0) is 22.8 Å². The fraction of sp³-hybridized carbons (Fsp3) is 0.429. The summed E-state index contributed by atoms with van der Waals surface area (Å²) in [4.78, 5) is 28.9. The van der Waals surface area contributed by atoms with E-state index >= 15 is 0 Å². The standard InChI is InChI=1S/C21H23F3N6O3/c1-28-17(5-6-27-28)20(32)29-8-9-30(18(13-29)19(31)26-7-10-33-2)15-4-3-14(12-25)16(11-15)21(22,23)24/h3-6,11,18H,7-10,13H2,1-2H3,(H,26,31). The minimum absolute atomic E-state index is 0.0375. The number of carbonyl (C=O) groups is 2. The summed E-state index contributed by atoms with van der Waals surface area (Å²) < 4.78 is 46.8. The molecule has 1 aliphatic rings. The molecule has 1 N–H and O–H groups in total. The largest absolute Gasteiger partial charge is 0.417 e. The van der Waals surface area contributed by atoms with Gasteiger partial charge in [0, 0.05) is 45.7 Å². The van der Waals surface area contributed by atoms with Crippen molar-refractivity contribution >= 4 is 17.5 Å². The number of piperazine rings is 1. The molecule has 176 valence electrons. The van der Waals surface area contributed by atoms with Crippen LogP contribution in [0.1, 0.15) is 21.6 Å². The van der Waals surface area contributed by atoms with Crippen LogP contribution >= 0.6 is 0 Å². The zero-order valence-corrected chi connectivity index (χ0v) is 18.1. The highest BCUT2D eigenvalue weighted by Crippen LogP contribution is 2.35. The zero-order chi connectivity index (χ0) is 24.2. The van der Waals surface area contributed by atoms with Crippen LogP contribution in [0.3, 0.4) is 0 Å². The van der Waals surface area contributed by atoms with Crippen molar-refractivity contribution in [1.82, 2.24) is 20.0 Å². The fourth-order valence-corrected chi connectivity index (χ4v) is 3.68. The number of aromatic nitrogens is 2. The third-order valence-electron chi connectivity index (χ3n) is 5.38. The first-order valence-corrected chi connectivity index (χ1v) is 10.1. The normalized spacial score (nSPS) is 16.4. The number of anilines is 1. The monoisotopic (exact) mass is 464 g/mol. The van der Waals surface area contributed by atoms with Gasteiger partial charge in [0.1, 0.15) is 11.7 Å². The molecule has 33 heavy (non-hydrogen) atoms. The predicted octanol–water partition coefficient (Wildman–Crippen LogP) is 1.40. The van der Waals surface area contributed by atoms with Gasteiger partial charge >= 0.3 is 6.18 Å². The number of amides is 2. The molecule has 12 heteroatoms. The molecule has 2 amide bonds. The van der Waals surface area contributed by atoms with Gasteiger partial charge in [-0.15, -0.1) is 0 Å². The van der Waals surface area contributed by atoms with Gasteiger partial charge in [0.2, 0.25) is 5.91 Å². The lowest BCUT2D eigenvalue weighted by Gasteiger charge is -2.42. The van der Waals surface area contributed by atoms with Gasteiger partial charge in [0.15, 0.2) is 0 Å². The van der Waals surface area contributed by atoms with Crippen LogP contribution in [-0.4, -0.2) is 72.4 Å². The first-order chi connectivity index (χ1) is 15.7. The summed E-state index contributed by atoms with van der Waals surface area (Å²) in [7, 11) is 3.09. The van der Waals surface area contributed by atoms with E-state index < -0.39 is 29.3 Å². The molecular weight excluding hydrogens is 441 g/mol. The summed E-state index contributed by atoms with van der Waals surface area (Å²) in [6.45, 7) is 0.730. The SMILES string of the molecule is COCCNC(=O)C1CN(C(=O)c2ccnn2C)CCN1c1ccc(C#N)c(C(F)(F)F)c1. The number of halogens is 3. The average molecular weight is 464 g/mol. The topological polar surface area (TPSA) is 103 Å². The highest BCUT2D eigenvalue weighted by molar-refractivity contribution is 5.94. The molecule has 3 rings (SSSR count). The van der Waals surface area contributed by atoms with Gasteiger partial charge in [0.25, 0.3) is 5.91 Å². The number of hydrogen-bond acceptors (Lipinski definition) is 6. The van der Waals surface area contributed by atoms with Crippen LogP contribution in [0.5, 0.6) is 0 Å². The number of nitrogens with zero attached hydrogens (tertiary/aromatic N) is 5. The molecule has 1 atom stereocenters. The molecule has 0 spiro atoms. The number of benzene rings is 1. The molecule has 2 aromatic rings. The first-order valence-electron chi connectivity index (χ1n) is 10.1. The minimum Gasteiger partial charge on any atom is -0.383 e. The van der Waals surface area contributed by atoms with Crippen molar-refractivity contribution < 1.29 is 27.5 Å². The number of carbonyl (C=O) groups excluding carboxylic acids is 2. The van der Waals surface area contributed by atoms with Gasteiger partial charge in [-0.25, -0.2) is 0 Å². The number of hydrogen-bond donors (Lipinski definition) is 1. The Balaban J connectivity index is 1.92. The Labute approximate surface area is 188 Å². The third-order valence-corrected chi connectivity index (χ3v) is 5.38. The van der Waals surface area contributed by atoms with Gasteiger partial charge in [0.05, 0.1) is 30.3 Å². The van der Waals surface area contributed by atoms with Crippen molar-refractivity contribution in [3.8, 4) is 6.07 Å². The van der Waals surface area contributed by atoms with Crippen LogP contribution in [0.2, 0.25) is 0 Å². The molecule has 1 aromatic heterocycles. The first kappa shape index (κ1) is 24.1. The van der Waals surface area contributed by atoms with Crippen LogP contribution < -0.4 is 10.2 Å². The van der Waals surface area contributed by atoms with E-state index in [4.69, 9.17) is 10.00 Å². The lowest BCUT2D eigenvalue weighted by atomic mass is 10.0. The molecule has 2 heterocycles. The number of nitrogens with one attached hydrogen (secondary N) is 1. The van der Waals surface area contributed by atoms with E-state index in [0.717, 1.165) is 12.1 Å². The van der Waals surface area contributed by atoms with Gasteiger partial charge in [-0.3, -0.25) is 14.3 Å². The summed E-state index contributed by atoms with van der Waals surface area (Å²) in [6, 6.07) is 5.49. The summed E-state index contributed by atoms with van der Waals surface area (Å²) in [5.74, 6) is -0.785. The second kappa shape index (κ2) is 9.91. The van der Waals surface area contributed by atoms with Crippen LogP contribution in [0.15, 0.2) is 30.5 Å². The van der Waals surface area contributed by atoms with E-state index in [1.165, 1.54) is 33.9 Å². The molecule has 9 nitrogen and oxygen atoms in total. The Bertz CT molecular complexity index is 1060. The van der Waals surface area contributed by atoms with Gasteiger partial charge < -0.3 is 19.9 Å². The van der Waals surface area contributed by atoms with Gasteiger partial charge in [-0.2, -0.15) is 23.5 Å². The number of aryl methyl sites for hydroxylation is 1. The van der Waals surface area contributed by atoms with E-state index in [-0.39, 0.29) is 44.4 Å². The molecule has 0 bridgehead atoms. The third kappa shape index (κ3) is 5.25. The molecule has 1 fully saturated rings. The molecule has 0 aliphatic carbocycles. The highest BCUT2D eigenvalue weighted by atomic mass is 19.4. The Morgan fingerprint density at radius 3 is 2.67 bits per heavy atom. The number of nitriles is 1. The maximum absolute atomic E-state index is 13.5.